The van der Waals surface area contributed by atoms with Gasteiger partial charge in [0, 0.05) is 24.9 Å². The molecule has 7 N–H and O–H groups in total. The molecule has 4 rings (SSSR count). The third kappa shape index (κ3) is 4.71. The van der Waals surface area contributed by atoms with Crippen LogP contribution < -0.4 is 9.47 Å². The molecule has 0 radical (unpaired) electrons. The van der Waals surface area contributed by atoms with Gasteiger partial charge in [-0.25, -0.2) is 0 Å². The summed E-state index contributed by atoms with van der Waals surface area (Å²) in [4.78, 5) is 0. The quantitative estimate of drug-likeness (QED) is 0.259. The van der Waals surface area contributed by atoms with Gasteiger partial charge in [-0.05, 0) is 41.0 Å². The largest absolute Gasteiger partial charge is 0.504 e. The lowest BCUT2D eigenvalue weighted by Gasteiger charge is -2.46. The van der Waals surface area contributed by atoms with Crippen molar-refractivity contribution in [1.29, 1.82) is 0 Å². The Morgan fingerprint density at radius 3 is 2.33 bits per heavy atom. The Morgan fingerprint density at radius 2 is 1.67 bits per heavy atom. The second-order valence-electron chi connectivity index (χ2n) is 9.26. The lowest BCUT2D eigenvalue weighted by Crippen LogP contribution is -2.57. The zero-order chi connectivity index (χ0) is 26.2. The highest BCUT2D eigenvalue weighted by atomic mass is 16.7. The molecule has 11 nitrogen and oxygen atoms in total. The summed E-state index contributed by atoms with van der Waals surface area (Å²) in [5.74, 6) is -1.33. The number of hydrogen-bond donors (Lipinski definition) is 7. The summed E-state index contributed by atoms with van der Waals surface area (Å²) < 4.78 is 21.5. The maximum atomic E-state index is 11.8. The Hall–Kier alpha value is -2.64. The molecule has 1 aliphatic carbocycles. The van der Waals surface area contributed by atoms with Crippen LogP contribution in [0.25, 0.3) is 0 Å². The molecule has 36 heavy (non-hydrogen) atoms. The third-order valence-corrected chi connectivity index (χ3v) is 7.08. The topological polar surface area (TPSA) is 179 Å². The van der Waals surface area contributed by atoms with E-state index in [1.54, 1.807) is 18.2 Å². The van der Waals surface area contributed by atoms with Crippen LogP contribution in [0, 0.1) is 5.92 Å². The van der Waals surface area contributed by atoms with E-state index in [1.807, 2.05) is 0 Å². The first-order chi connectivity index (χ1) is 17.1. The summed E-state index contributed by atoms with van der Waals surface area (Å²) in [5, 5.41) is 72.8. The van der Waals surface area contributed by atoms with E-state index in [9.17, 15) is 35.7 Å². The first-order valence-electron chi connectivity index (χ1n) is 11.5. The Labute approximate surface area is 207 Å². The van der Waals surface area contributed by atoms with E-state index in [-0.39, 0.29) is 36.0 Å². The van der Waals surface area contributed by atoms with Gasteiger partial charge in [0.05, 0.1) is 33.0 Å². The summed E-state index contributed by atoms with van der Waals surface area (Å²) in [6, 6.07) is 7.78. The minimum atomic E-state index is -1.69. The van der Waals surface area contributed by atoms with E-state index < -0.39 is 55.3 Å². The molecule has 1 fully saturated rings. The van der Waals surface area contributed by atoms with Gasteiger partial charge in [0.1, 0.15) is 18.3 Å². The van der Waals surface area contributed by atoms with Crippen LogP contribution in [0.3, 0.4) is 0 Å². The molecule has 0 aromatic heterocycles. The van der Waals surface area contributed by atoms with Crippen LogP contribution in [0.4, 0.5) is 0 Å². The zero-order valence-electron chi connectivity index (χ0n) is 19.9. The average molecular weight is 509 g/mol. The molecule has 0 spiro atoms. The van der Waals surface area contributed by atoms with Gasteiger partial charge in [0.25, 0.3) is 0 Å². The first-order valence-corrected chi connectivity index (χ1v) is 11.5. The molecule has 7 atom stereocenters. The van der Waals surface area contributed by atoms with E-state index in [1.165, 1.54) is 26.4 Å². The first kappa shape index (κ1) is 26.4. The van der Waals surface area contributed by atoms with Crippen molar-refractivity contribution in [1.82, 2.24) is 0 Å². The fourth-order valence-electron chi connectivity index (χ4n) is 5.11. The highest BCUT2D eigenvalue weighted by Gasteiger charge is 2.49. The van der Waals surface area contributed by atoms with Crippen molar-refractivity contribution < 1.29 is 54.7 Å². The summed E-state index contributed by atoms with van der Waals surface area (Å²) in [6.07, 6.45) is -5.61. The second kappa shape index (κ2) is 10.4. The van der Waals surface area contributed by atoms with E-state index in [2.05, 4.69) is 0 Å². The monoisotopic (exact) mass is 508 g/mol. The van der Waals surface area contributed by atoms with Crippen LogP contribution in [0.5, 0.6) is 23.0 Å². The Kier molecular flexibility index (Phi) is 7.62. The van der Waals surface area contributed by atoms with Gasteiger partial charge < -0.3 is 54.7 Å². The number of fused-ring (bicyclic) bond motifs is 1. The standard InChI is InChI=1S/C25H32O11/c1-33-19-5-12(3-4-16(19)27)21-14-7-17(28)20(34-2)6-13(14)8-25(32,15(21)9-26)11-36-24-23(31)22(30)18(29)10-35-24/h3-7,15,18,21-24,26-32H,8-11H2,1-2H3/t15-,18-,21+,22+,23-,24+,25-/m1/s1. The summed E-state index contributed by atoms with van der Waals surface area (Å²) in [5.41, 5.74) is 0.166. The smallest absolute Gasteiger partial charge is 0.186 e. The molecule has 11 heteroatoms. The number of ether oxygens (including phenoxy) is 4. The number of aliphatic hydroxyl groups excluding tert-OH is 4. The van der Waals surface area contributed by atoms with Gasteiger partial charge >= 0.3 is 0 Å². The minimum Gasteiger partial charge on any atom is -0.504 e. The van der Waals surface area contributed by atoms with E-state index in [0.717, 1.165) is 0 Å². The van der Waals surface area contributed by atoms with Gasteiger partial charge in [0.15, 0.2) is 29.3 Å². The highest BCUT2D eigenvalue weighted by molar-refractivity contribution is 5.54. The van der Waals surface area contributed by atoms with Crippen LogP contribution in [-0.2, 0) is 15.9 Å². The van der Waals surface area contributed by atoms with Crippen molar-refractivity contribution in [3.05, 3.63) is 47.0 Å². The Morgan fingerprint density at radius 1 is 0.972 bits per heavy atom. The van der Waals surface area contributed by atoms with E-state index in [4.69, 9.17) is 18.9 Å². The summed E-state index contributed by atoms with van der Waals surface area (Å²) in [6.45, 7) is -1.13. The number of aromatic hydroxyl groups is 2. The summed E-state index contributed by atoms with van der Waals surface area (Å²) in [7, 11) is 2.80. The van der Waals surface area contributed by atoms with Gasteiger partial charge in [-0.2, -0.15) is 0 Å². The molecule has 0 unspecified atom stereocenters. The van der Waals surface area contributed by atoms with Crippen molar-refractivity contribution in [2.75, 3.05) is 34.0 Å². The molecule has 0 bridgehead atoms. The predicted molar refractivity (Wildman–Crippen MR) is 124 cm³/mol. The molecule has 2 aromatic carbocycles. The molecule has 1 heterocycles. The van der Waals surface area contributed by atoms with Crippen LogP contribution in [0.15, 0.2) is 30.3 Å². The SMILES string of the molecule is COc1cc([C@H]2c3cc(O)c(OC)cc3C[C@@](O)(CO[C@@H]3OC[C@@H](O)[C@H](O)[C@H]3O)[C@@H]2CO)ccc1O. The molecule has 2 aromatic rings. The molecule has 0 saturated carbocycles. The maximum absolute atomic E-state index is 11.8. The summed E-state index contributed by atoms with van der Waals surface area (Å²) >= 11 is 0. The predicted octanol–water partition coefficient (Wildman–Crippen LogP) is -0.402. The highest BCUT2D eigenvalue weighted by Crippen LogP contribution is 2.49. The Bertz CT molecular complexity index is 1080. The van der Waals surface area contributed by atoms with E-state index >= 15 is 0 Å². The molecule has 2 aliphatic rings. The fourth-order valence-corrected chi connectivity index (χ4v) is 5.11. The molecule has 1 saturated heterocycles. The van der Waals surface area contributed by atoms with Crippen molar-refractivity contribution in [3.63, 3.8) is 0 Å². The minimum absolute atomic E-state index is 0.00388. The number of methoxy groups -OCH3 is 2. The van der Waals surface area contributed by atoms with Crippen LogP contribution in [0.1, 0.15) is 22.6 Å². The van der Waals surface area contributed by atoms with Gasteiger partial charge in [-0.3, -0.25) is 0 Å². The average Bonchev–Trinajstić information content (AvgIpc) is 2.86. The number of benzene rings is 2. The van der Waals surface area contributed by atoms with Crippen molar-refractivity contribution >= 4 is 0 Å². The number of hydrogen-bond acceptors (Lipinski definition) is 11. The lowest BCUT2D eigenvalue weighted by atomic mass is 9.64. The van der Waals surface area contributed by atoms with Crippen LogP contribution >= 0.6 is 0 Å². The molecule has 198 valence electrons. The maximum Gasteiger partial charge on any atom is 0.186 e. The van der Waals surface area contributed by atoms with Gasteiger partial charge in [-0.1, -0.05) is 6.07 Å². The fraction of sp³-hybridized carbons (Fsp3) is 0.520. The van der Waals surface area contributed by atoms with Gasteiger partial charge in [-0.15, -0.1) is 0 Å². The third-order valence-electron chi connectivity index (χ3n) is 7.08. The number of aliphatic hydroxyl groups is 5. The van der Waals surface area contributed by atoms with Crippen molar-refractivity contribution in [3.8, 4) is 23.0 Å². The molecule has 0 amide bonds. The molecule has 1 aliphatic heterocycles. The second-order valence-corrected chi connectivity index (χ2v) is 9.26. The number of phenolic OH excluding ortho intramolecular Hbond substituents is 2. The number of rotatable bonds is 7. The van der Waals surface area contributed by atoms with Crippen LogP contribution in [-0.4, -0.2) is 100.0 Å². The number of phenols is 2. The Balaban J connectivity index is 1.74. The molecular formula is C25H32O11. The lowest BCUT2D eigenvalue weighted by molar-refractivity contribution is -0.283. The van der Waals surface area contributed by atoms with E-state index in [0.29, 0.717) is 16.7 Å². The van der Waals surface area contributed by atoms with Crippen molar-refractivity contribution in [2.45, 2.75) is 42.5 Å². The normalized spacial score (nSPS) is 32.1. The molecular weight excluding hydrogens is 476 g/mol. The van der Waals surface area contributed by atoms with Crippen LogP contribution in [0.2, 0.25) is 0 Å². The zero-order valence-corrected chi connectivity index (χ0v) is 19.9. The van der Waals surface area contributed by atoms with Gasteiger partial charge in [0.2, 0.25) is 0 Å². The van der Waals surface area contributed by atoms with Crippen molar-refractivity contribution in [2.24, 2.45) is 5.92 Å².